The summed E-state index contributed by atoms with van der Waals surface area (Å²) in [5, 5.41) is 0. The van der Waals surface area contributed by atoms with Gasteiger partial charge in [0.25, 0.3) is 5.95 Å². The summed E-state index contributed by atoms with van der Waals surface area (Å²) in [5.74, 6) is -0.990. The Hall–Kier alpha value is -1.32. The van der Waals surface area contributed by atoms with Crippen LogP contribution in [-0.4, -0.2) is 11.9 Å². The summed E-state index contributed by atoms with van der Waals surface area (Å²) in [6.07, 6.45) is 0.663. The van der Waals surface area contributed by atoms with E-state index in [-0.39, 0.29) is 5.95 Å². The highest BCUT2D eigenvalue weighted by Gasteiger charge is 2.09. The van der Waals surface area contributed by atoms with Crippen molar-refractivity contribution in [2.75, 3.05) is 0 Å². The predicted molar refractivity (Wildman–Crippen MR) is 46.5 cm³/mol. The average Bonchev–Trinajstić information content (AvgIpc) is 2.00. The number of ether oxygens (including phenoxy) is 2. The SMILES string of the molecule is CCC(C)=C(OC(C)=O)OC(C)=O. The van der Waals surface area contributed by atoms with Crippen LogP contribution in [0.2, 0.25) is 0 Å². The lowest BCUT2D eigenvalue weighted by molar-refractivity contribution is -0.151. The molecule has 74 valence electrons. The highest BCUT2D eigenvalue weighted by molar-refractivity contribution is 5.70. The zero-order valence-electron chi connectivity index (χ0n) is 8.34. The zero-order chi connectivity index (χ0) is 10.4. The Bertz CT molecular complexity index is 222. The van der Waals surface area contributed by atoms with Crippen molar-refractivity contribution >= 4 is 11.9 Å². The first-order valence-electron chi connectivity index (χ1n) is 4.04. The van der Waals surface area contributed by atoms with Crippen molar-refractivity contribution in [1.29, 1.82) is 0 Å². The molecule has 0 saturated carbocycles. The Labute approximate surface area is 77.5 Å². The minimum atomic E-state index is -0.496. The Balaban J connectivity index is 4.54. The molecule has 0 spiro atoms. The Morgan fingerprint density at radius 1 is 1.00 bits per heavy atom. The third kappa shape index (κ3) is 5.00. The molecular formula is C9H14O4. The second-order valence-corrected chi connectivity index (χ2v) is 2.61. The van der Waals surface area contributed by atoms with Crippen LogP contribution in [0.15, 0.2) is 11.5 Å². The van der Waals surface area contributed by atoms with Crippen molar-refractivity contribution in [2.24, 2.45) is 0 Å². The van der Waals surface area contributed by atoms with Gasteiger partial charge in [-0.2, -0.15) is 0 Å². The first kappa shape index (κ1) is 11.7. The summed E-state index contributed by atoms with van der Waals surface area (Å²) < 4.78 is 9.42. The molecule has 0 bridgehead atoms. The molecule has 0 aromatic carbocycles. The van der Waals surface area contributed by atoms with Crippen LogP contribution in [0, 0.1) is 0 Å². The number of hydrogen-bond acceptors (Lipinski definition) is 4. The maximum absolute atomic E-state index is 10.6. The van der Waals surface area contributed by atoms with Crippen LogP contribution < -0.4 is 0 Å². The molecule has 0 unspecified atom stereocenters. The van der Waals surface area contributed by atoms with Crippen LogP contribution in [0.4, 0.5) is 0 Å². The molecule has 0 rings (SSSR count). The Kier molecular flexibility index (Phi) is 4.80. The van der Waals surface area contributed by atoms with E-state index in [9.17, 15) is 9.59 Å². The molecule has 0 aliphatic heterocycles. The number of carbonyl (C=O) groups excluding carboxylic acids is 2. The maximum atomic E-state index is 10.6. The van der Waals surface area contributed by atoms with Gasteiger partial charge < -0.3 is 9.47 Å². The van der Waals surface area contributed by atoms with Crippen molar-refractivity contribution in [3.05, 3.63) is 11.5 Å². The molecule has 4 nitrogen and oxygen atoms in total. The second kappa shape index (κ2) is 5.35. The number of hydrogen-bond donors (Lipinski definition) is 0. The summed E-state index contributed by atoms with van der Waals surface area (Å²) in [6, 6.07) is 0. The maximum Gasteiger partial charge on any atom is 0.310 e. The van der Waals surface area contributed by atoms with Crippen molar-refractivity contribution in [2.45, 2.75) is 34.1 Å². The topological polar surface area (TPSA) is 52.6 Å². The highest BCUT2D eigenvalue weighted by Crippen LogP contribution is 2.11. The molecular weight excluding hydrogens is 172 g/mol. The summed E-state index contributed by atoms with van der Waals surface area (Å²) in [6.45, 7) is 6.13. The van der Waals surface area contributed by atoms with Gasteiger partial charge in [-0.1, -0.05) is 6.92 Å². The van der Waals surface area contributed by atoms with E-state index in [4.69, 9.17) is 9.47 Å². The molecule has 13 heavy (non-hydrogen) atoms. The van der Waals surface area contributed by atoms with Gasteiger partial charge in [-0.15, -0.1) is 0 Å². The molecule has 0 saturated heterocycles. The highest BCUT2D eigenvalue weighted by atomic mass is 16.7. The van der Waals surface area contributed by atoms with Gasteiger partial charge in [0.2, 0.25) is 0 Å². The predicted octanol–water partition coefficient (Wildman–Crippen LogP) is 1.75. The first-order chi connectivity index (χ1) is 5.97. The fourth-order valence-electron chi connectivity index (χ4n) is 0.600. The van der Waals surface area contributed by atoms with Gasteiger partial charge in [0.1, 0.15) is 0 Å². The van der Waals surface area contributed by atoms with E-state index in [2.05, 4.69) is 0 Å². The fraction of sp³-hybridized carbons (Fsp3) is 0.556. The lowest BCUT2D eigenvalue weighted by Crippen LogP contribution is -2.08. The zero-order valence-corrected chi connectivity index (χ0v) is 8.34. The van der Waals surface area contributed by atoms with Crippen molar-refractivity contribution in [3.8, 4) is 0 Å². The van der Waals surface area contributed by atoms with Crippen molar-refractivity contribution in [3.63, 3.8) is 0 Å². The molecule has 0 aliphatic carbocycles. The van der Waals surface area contributed by atoms with Crippen LogP contribution in [0.3, 0.4) is 0 Å². The van der Waals surface area contributed by atoms with Gasteiger partial charge in [-0.3, -0.25) is 9.59 Å². The molecule has 0 aromatic heterocycles. The van der Waals surface area contributed by atoms with Crippen LogP contribution in [0.1, 0.15) is 34.1 Å². The fourth-order valence-corrected chi connectivity index (χ4v) is 0.600. The normalized spacial score (nSPS) is 8.92. The minimum Gasteiger partial charge on any atom is -0.393 e. The third-order valence-electron chi connectivity index (χ3n) is 1.35. The lowest BCUT2D eigenvalue weighted by atomic mass is 10.2. The number of rotatable bonds is 3. The average molecular weight is 186 g/mol. The summed E-state index contributed by atoms with van der Waals surface area (Å²) in [4.78, 5) is 21.2. The smallest absolute Gasteiger partial charge is 0.310 e. The van der Waals surface area contributed by atoms with E-state index in [0.29, 0.717) is 6.42 Å². The first-order valence-corrected chi connectivity index (χ1v) is 4.04. The van der Waals surface area contributed by atoms with Crippen LogP contribution in [-0.2, 0) is 19.1 Å². The summed E-state index contributed by atoms with van der Waals surface area (Å²) >= 11 is 0. The number of carbonyl (C=O) groups is 2. The molecule has 0 amide bonds. The Morgan fingerprint density at radius 3 is 1.62 bits per heavy atom. The van der Waals surface area contributed by atoms with Crippen LogP contribution in [0.25, 0.3) is 0 Å². The molecule has 4 heteroatoms. The van der Waals surface area contributed by atoms with Gasteiger partial charge >= 0.3 is 11.9 Å². The van der Waals surface area contributed by atoms with Gasteiger partial charge in [0.15, 0.2) is 0 Å². The van der Waals surface area contributed by atoms with Gasteiger partial charge in [0.05, 0.1) is 0 Å². The van der Waals surface area contributed by atoms with Crippen LogP contribution in [0.5, 0.6) is 0 Å². The molecule has 0 heterocycles. The molecule has 0 N–H and O–H groups in total. The van der Waals surface area contributed by atoms with Crippen molar-refractivity contribution in [1.82, 2.24) is 0 Å². The van der Waals surface area contributed by atoms with Gasteiger partial charge in [0, 0.05) is 19.4 Å². The molecule has 0 aromatic rings. The van der Waals surface area contributed by atoms with Gasteiger partial charge in [-0.05, 0) is 13.3 Å². The van der Waals surface area contributed by atoms with Crippen LogP contribution >= 0.6 is 0 Å². The van der Waals surface area contributed by atoms with Gasteiger partial charge in [-0.25, -0.2) is 0 Å². The van der Waals surface area contributed by atoms with E-state index >= 15 is 0 Å². The number of esters is 2. The molecule has 0 aliphatic rings. The second-order valence-electron chi connectivity index (χ2n) is 2.61. The van der Waals surface area contributed by atoms with E-state index in [1.165, 1.54) is 13.8 Å². The van der Waals surface area contributed by atoms with E-state index in [0.717, 1.165) is 5.57 Å². The summed E-state index contributed by atoms with van der Waals surface area (Å²) in [7, 11) is 0. The largest absolute Gasteiger partial charge is 0.393 e. The van der Waals surface area contributed by atoms with E-state index < -0.39 is 11.9 Å². The quantitative estimate of drug-likeness (QED) is 0.497. The monoisotopic (exact) mass is 186 g/mol. The van der Waals surface area contributed by atoms with Crippen molar-refractivity contribution < 1.29 is 19.1 Å². The number of allylic oxidation sites excluding steroid dienone is 1. The standard InChI is InChI=1S/C9H14O4/c1-5-6(2)9(12-7(3)10)13-8(4)11/h5H2,1-4H3. The molecule has 0 fully saturated rings. The lowest BCUT2D eigenvalue weighted by Gasteiger charge is -2.08. The third-order valence-corrected chi connectivity index (χ3v) is 1.35. The molecule has 0 radical (unpaired) electrons. The Morgan fingerprint density at radius 2 is 1.38 bits per heavy atom. The van der Waals surface area contributed by atoms with E-state index in [1.807, 2.05) is 6.92 Å². The minimum absolute atomic E-state index is 0.00231. The summed E-state index contributed by atoms with van der Waals surface area (Å²) in [5.41, 5.74) is 0.727. The molecule has 0 atom stereocenters. The van der Waals surface area contributed by atoms with E-state index in [1.54, 1.807) is 6.92 Å².